The molecule has 0 heterocycles. The summed E-state index contributed by atoms with van der Waals surface area (Å²) in [6.07, 6.45) is 1.75. The zero-order valence-electron chi connectivity index (χ0n) is 14.1. The summed E-state index contributed by atoms with van der Waals surface area (Å²) in [6, 6.07) is 21.7. The zero-order chi connectivity index (χ0) is 18.4. The van der Waals surface area contributed by atoms with Crippen molar-refractivity contribution in [3.63, 3.8) is 0 Å². The molecule has 0 saturated heterocycles. The molecule has 3 aromatic carbocycles. The van der Waals surface area contributed by atoms with E-state index in [0.29, 0.717) is 17.1 Å². The molecule has 0 aromatic heterocycles. The molecule has 3 aromatic rings. The molecule has 0 fully saturated rings. The fourth-order valence-electron chi connectivity index (χ4n) is 2.19. The number of halogens is 1. The van der Waals surface area contributed by atoms with Crippen LogP contribution >= 0.6 is 15.9 Å². The van der Waals surface area contributed by atoms with Crippen LogP contribution in [-0.4, -0.2) is 19.3 Å². The van der Waals surface area contributed by atoms with Crippen LogP contribution in [0.5, 0.6) is 11.5 Å². The number of methoxy groups -OCH3 is 1. The van der Waals surface area contributed by atoms with Crippen LogP contribution in [0.3, 0.4) is 0 Å². The van der Waals surface area contributed by atoms with Crippen LogP contribution in [0.2, 0.25) is 0 Å². The van der Waals surface area contributed by atoms with E-state index in [-0.39, 0.29) is 0 Å². The molecule has 0 aliphatic rings. The predicted octanol–water partition coefficient (Wildman–Crippen LogP) is 5.43. The Morgan fingerprint density at radius 3 is 2.12 bits per heavy atom. The van der Waals surface area contributed by atoms with Gasteiger partial charge in [-0.25, -0.2) is 4.79 Å². The number of nitrogens with zero attached hydrogens (tertiary/aromatic N) is 1. The fourth-order valence-corrected chi connectivity index (χ4v) is 2.46. The number of aliphatic imine (C=N–C) groups is 1. The highest BCUT2D eigenvalue weighted by atomic mass is 79.9. The highest BCUT2D eigenvalue weighted by Gasteiger charge is 2.08. The van der Waals surface area contributed by atoms with Crippen LogP contribution in [0.25, 0.3) is 0 Å². The van der Waals surface area contributed by atoms with Gasteiger partial charge in [0.05, 0.1) is 18.4 Å². The van der Waals surface area contributed by atoms with Crippen LogP contribution in [0.15, 0.2) is 82.3 Å². The summed E-state index contributed by atoms with van der Waals surface area (Å²) >= 11 is 3.39. The maximum atomic E-state index is 12.2. The van der Waals surface area contributed by atoms with Gasteiger partial charge in [0.15, 0.2) is 0 Å². The van der Waals surface area contributed by atoms with E-state index in [1.54, 1.807) is 49.7 Å². The van der Waals surface area contributed by atoms with Gasteiger partial charge >= 0.3 is 5.97 Å². The summed E-state index contributed by atoms with van der Waals surface area (Å²) in [4.78, 5) is 16.6. The van der Waals surface area contributed by atoms with Crippen LogP contribution < -0.4 is 9.47 Å². The van der Waals surface area contributed by atoms with Gasteiger partial charge in [-0.05, 0) is 66.2 Å². The van der Waals surface area contributed by atoms with Crippen LogP contribution in [-0.2, 0) is 0 Å². The molecular formula is C21H16BrNO3. The van der Waals surface area contributed by atoms with E-state index in [1.807, 2.05) is 36.4 Å². The lowest BCUT2D eigenvalue weighted by molar-refractivity contribution is 0.0734. The van der Waals surface area contributed by atoms with Crippen molar-refractivity contribution >= 4 is 33.8 Å². The number of esters is 1. The van der Waals surface area contributed by atoms with E-state index < -0.39 is 5.97 Å². The van der Waals surface area contributed by atoms with Gasteiger partial charge < -0.3 is 9.47 Å². The Morgan fingerprint density at radius 1 is 0.885 bits per heavy atom. The Labute approximate surface area is 160 Å². The fraction of sp³-hybridized carbons (Fsp3) is 0.0476. The van der Waals surface area contributed by atoms with Crippen molar-refractivity contribution in [1.29, 1.82) is 0 Å². The predicted molar refractivity (Wildman–Crippen MR) is 106 cm³/mol. The molecule has 130 valence electrons. The highest BCUT2D eigenvalue weighted by Crippen LogP contribution is 2.19. The first-order chi connectivity index (χ1) is 12.6. The summed E-state index contributed by atoms with van der Waals surface area (Å²) in [5.41, 5.74) is 2.23. The van der Waals surface area contributed by atoms with E-state index in [1.165, 1.54) is 0 Å². The van der Waals surface area contributed by atoms with E-state index in [9.17, 15) is 4.79 Å². The number of ether oxygens (including phenoxy) is 2. The minimum absolute atomic E-state index is 0.411. The van der Waals surface area contributed by atoms with Gasteiger partial charge in [0, 0.05) is 10.7 Å². The van der Waals surface area contributed by atoms with Crippen molar-refractivity contribution in [2.24, 2.45) is 4.99 Å². The van der Waals surface area contributed by atoms with Gasteiger partial charge in [0.2, 0.25) is 0 Å². The summed E-state index contributed by atoms with van der Waals surface area (Å²) in [5.74, 6) is 0.766. The number of rotatable bonds is 5. The molecule has 0 N–H and O–H groups in total. The van der Waals surface area contributed by atoms with Gasteiger partial charge in [-0.3, -0.25) is 4.99 Å². The first-order valence-electron chi connectivity index (χ1n) is 7.90. The first-order valence-corrected chi connectivity index (χ1v) is 8.69. The number of carbonyl (C=O) groups excluding carboxylic acids is 1. The van der Waals surface area contributed by atoms with Crippen LogP contribution in [0.4, 0.5) is 5.69 Å². The van der Waals surface area contributed by atoms with Crippen molar-refractivity contribution in [3.05, 3.63) is 88.4 Å². The number of hydrogen-bond donors (Lipinski definition) is 0. The summed E-state index contributed by atoms with van der Waals surface area (Å²) < 4.78 is 11.4. The second kappa shape index (κ2) is 8.45. The number of benzene rings is 3. The molecule has 0 radical (unpaired) electrons. The van der Waals surface area contributed by atoms with Gasteiger partial charge in [-0.15, -0.1) is 0 Å². The normalized spacial score (nSPS) is 10.7. The van der Waals surface area contributed by atoms with Gasteiger partial charge in [0.25, 0.3) is 0 Å². The third kappa shape index (κ3) is 4.80. The quantitative estimate of drug-likeness (QED) is 0.320. The molecule has 0 aliphatic carbocycles. The Kier molecular flexibility index (Phi) is 5.81. The highest BCUT2D eigenvalue weighted by molar-refractivity contribution is 9.10. The lowest BCUT2D eigenvalue weighted by Crippen LogP contribution is -2.08. The number of hydrogen-bond acceptors (Lipinski definition) is 4. The minimum atomic E-state index is -0.411. The molecule has 5 heteroatoms. The molecule has 0 atom stereocenters. The standard InChI is InChI=1S/C21H16BrNO3/c1-25-19-10-12-20(13-11-19)26-21(24)16-4-2-15(3-5-16)14-23-18-8-6-17(22)7-9-18/h2-14H,1H3. The van der Waals surface area contributed by atoms with Crippen molar-refractivity contribution in [3.8, 4) is 11.5 Å². The molecule has 3 rings (SSSR count). The Hall–Kier alpha value is -2.92. The molecule has 0 amide bonds. The Balaban J connectivity index is 1.64. The summed E-state index contributed by atoms with van der Waals surface area (Å²) in [5, 5.41) is 0. The molecule has 0 saturated carbocycles. The van der Waals surface area contributed by atoms with Crippen molar-refractivity contribution in [2.45, 2.75) is 0 Å². The summed E-state index contributed by atoms with van der Waals surface area (Å²) in [6.45, 7) is 0. The molecule has 0 aliphatic heterocycles. The lowest BCUT2D eigenvalue weighted by Gasteiger charge is -2.05. The lowest BCUT2D eigenvalue weighted by atomic mass is 10.1. The van der Waals surface area contributed by atoms with E-state index >= 15 is 0 Å². The monoisotopic (exact) mass is 409 g/mol. The topological polar surface area (TPSA) is 47.9 Å². The first kappa shape index (κ1) is 17.9. The second-order valence-corrected chi connectivity index (χ2v) is 6.34. The average molecular weight is 410 g/mol. The van der Waals surface area contributed by atoms with Crippen molar-refractivity contribution in [2.75, 3.05) is 7.11 Å². The van der Waals surface area contributed by atoms with E-state index in [4.69, 9.17) is 9.47 Å². The van der Waals surface area contributed by atoms with Crippen LogP contribution in [0.1, 0.15) is 15.9 Å². The third-order valence-electron chi connectivity index (χ3n) is 3.61. The Bertz CT molecular complexity index is 901. The zero-order valence-corrected chi connectivity index (χ0v) is 15.6. The van der Waals surface area contributed by atoms with Gasteiger partial charge in [-0.1, -0.05) is 28.1 Å². The SMILES string of the molecule is COc1ccc(OC(=O)c2ccc(C=Nc3ccc(Br)cc3)cc2)cc1. The van der Waals surface area contributed by atoms with Gasteiger partial charge in [-0.2, -0.15) is 0 Å². The van der Waals surface area contributed by atoms with Gasteiger partial charge in [0.1, 0.15) is 11.5 Å². The Morgan fingerprint density at radius 2 is 1.50 bits per heavy atom. The second-order valence-electron chi connectivity index (χ2n) is 5.42. The number of carbonyl (C=O) groups is 1. The van der Waals surface area contributed by atoms with Crippen molar-refractivity contribution < 1.29 is 14.3 Å². The largest absolute Gasteiger partial charge is 0.497 e. The minimum Gasteiger partial charge on any atom is -0.497 e. The molecule has 0 bridgehead atoms. The maximum absolute atomic E-state index is 12.2. The molecular weight excluding hydrogens is 394 g/mol. The van der Waals surface area contributed by atoms with Crippen LogP contribution in [0, 0.1) is 0 Å². The van der Waals surface area contributed by atoms with E-state index in [0.717, 1.165) is 15.7 Å². The molecule has 26 heavy (non-hydrogen) atoms. The molecule has 4 nitrogen and oxygen atoms in total. The smallest absolute Gasteiger partial charge is 0.343 e. The van der Waals surface area contributed by atoms with E-state index in [2.05, 4.69) is 20.9 Å². The summed E-state index contributed by atoms with van der Waals surface area (Å²) in [7, 11) is 1.59. The molecule has 0 unspecified atom stereocenters. The third-order valence-corrected chi connectivity index (χ3v) is 4.13. The average Bonchev–Trinajstić information content (AvgIpc) is 2.68. The van der Waals surface area contributed by atoms with Crippen molar-refractivity contribution in [1.82, 2.24) is 0 Å². The maximum Gasteiger partial charge on any atom is 0.343 e. The molecule has 0 spiro atoms.